The third-order valence-corrected chi connectivity index (χ3v) is 5.56. The van der Waals surface area contributed by atoms with Gasteiger partial charge in [-0.1, -0.05) is 56.3 Å². The van der Waals surface area contributed by atoms with Crippen molar-refractivity contribution in [2.24, 2.45) is 11.7 Å². The summed E-state index contributed by atoms with van der Waals surface area (Å²) in [6.07, 6.45) is 3.06. The van der Waals surface area contributed by atoms with Crippen LogP contribution in [0.4, 0.5) is 0 Å². The van der Waals surface area contributed by atoms with Gasteiger partial charge in [-0.3, -0.25) is 9.59 Å². The first-order valence-corrected chi connectivity index (χ1v) is 12.0. The highest BCUT2D eigenvalue weighted by atomic mass is 16.5. The highest BCUT2D eigenvalue weighted by Crippen LogP contribution is 2.16. The molecular weight excluding hydrogens is 442 g/mol. The van der Waals surface area contributed by atoms with Gasteiger partial charge in [0.1, 0.15) is 24.2 Å². The average Bonchev–Trinajstić information content (AvgIpc) is 3.37. The second-order valence-corrected chi connectivity index (χ2v) is 9.04. The van der Waals surface area contributed by atoms with Crippen molar-refractivity contribution in [2.75, 3.05) is 6.54 Å². The Balaban J connectivity index is 1.60. The summed E-state index contributed by atoms with van der Waals surface area (Å²) in [7, 11) is 0. The Kier molecular flexibility index (Phi) is 9.93. The van der Waals surface area contributed by atoms with Gasteiger partial charge in [-0.05, 0) is 47.7 Å². The maximum atomic E-state index is 13.0. The predicted molar refractivity (Wildman–Crippen MR) is 136 cm³/mol. The number of carbonyl (C=O) groups excluding carboxylic acids is 2. The van der Waals surface area contributed by atoms with Gasteiger partial charge >= 0.3 is 0 Å². The zero-order chi connectivity index (χ0) is 25.0. The third kappa shape index (κ3) is 8.94. The summed E-state index contributed by atoms with van der Waals surface area (Å²) in [4.78, 5) is 25.6. The van der Waals surface area contributed by atoms with E-state index < -0.39 is 12.1 Å². The maximum Gasteiger partial charge on any atom is 0.242 e. The van der Waals surface area contributed by atoms with E-state index in [-0.39, 0.29) is 17.7 Å². The van der Waals surface area contributed by atoms with Crippen molar-refractivity contribution in [2.45, 2.75) is 51.8 Å². The van der Waals surface area contributed by atoms with Crippen molar-refractivity contribution in [1.29, 1.82) is 0 Å². The number of rotatable bonds is 13. The van der Waals surface area contributed by atoms with Crippen LogP contribution >= 0.6 is 0 Å². The Hall–Kier alpha value is -3.58. The minimum absolute atomic E-state index is 0.258. The Labute approximate surface area is 207 Å². The van der Waals surface area contributed by atoms with Gasteiger partial charge in [-0.2, -0.15) is 0 Å². The Morgan fingerprint density at radius 3 is 2.34 bits per heavy atom. The molecule has 186 valence electrons. The average molecular weight is 478 g/mol. The molecule has 0 aliphatic rings. The molecule has 0 saturated carbocycles. The van der Waals surface area contributed by atoms with E-state index in [0.29, 0.717) is 32.4 Å². The minimum atomic E-state index is -0.742. The van der Waals surface area contributed by atoms with Crippen LogP contribution < -0.4 is 21.1 Å². The zero-order valence-corrected chi connectivity index (χ0v) is 20.4. The molecule has 2 unspecified atom stereocenters. The van der Waals surface area contributed by atoms with Crippen molar-refractivity contribution in [1.82, 2.24) is 10.6 Å². The molecule has 7 nitrogen and oxygen atoms in total. The molecule has 4 N–H and O–H groups in total. The second-order valence-electron chi connectivity index (χ2n) is 9.04. The van der Waals surface area contributed by atoms with Gasteiger partial charge < -0.3 is 25.5 Å². The summed E-state index contributed by atoms with van der Waals surface area (Å²) >= 11 is 0. The maximum absolute atomic E-state index is 13.0. The molecule has 0 bridgehead atoms. The molecular formula is C28H35N3O4. The summed E-state index contributed by atoms with van der Waals surface area (Å²) in [6.45, 7) is 4.90. The molecule has 2 amide bonds. The van der Waals surface area contributed by atoms with Crippen molar-refractivity contribution in [3.05, 3.63) is 89.9 Å². The number of nitrogens with one attached hydrogen (secondary N) is 2. The molecule has 0 aliphatic heterocycles. The van der Waals surface area contributed by atoms with E-state index in [1.807, 2.05) is 80.6 Å². The van der Waals surface area contributed by atoms with Gasteiger partial charge in [0.25, 0.3) is 0 Å². The van der Waals surface area contributed by atoms with Crippen molar-refractivity contribution in [3.8, 4) is 5.75 Å². The highest BCUT2D eigenvalue weighted by Gasteiger charge is 2.24. The summed E-state index contributed by atoms with van der Waals surface area (Å²) < 4.78 is 11.2. The first-order valence-electron chi connectivity index (χ1n) is 12.0. The lowest BCUT2D eigenvalue weighted by molar-refractivity contribution is -0.129. The molecule has 3 aromatic rings. The van der Waals surface area contributed by atoms with E-state index in [1.54, 1.807) is 6.26 Å². The standard InChI is InChI=1S/C28H35N3O4/c1-20(2)17-25(29)27(32)31-26(28(33)30-15-14-23-9-6-16-34-23)18-21-10-12-24(13-11-21)35-19-22-7-4-3-5-8-22/h3-13,16,20,25-26H,14-15,17-19,29H2,1-2H3,(H,30,33)(H,31,32). The number of nitrogens with two attached hydrogens (primary N) is 1. The monoisotopic (exact) mass is 477 g/mol. The zero-order valence-electron chi connectivity index (χ0n) is 20.4. The first kappa shape index (κ1) is 26.0. The number of amides is 2. The molecule has 0 saturated heterocycles. The van der Waals surface area contributed by atoms with Crippen LogP contribution in [0, 0.1) is 5.92 Å². The summed E-state index contributed by atoms with van der Waals surface area (Å²) in [5.74, 6) is 1.22. The fourth-order valence-corrected chi connectivity index (χ4v) is 3.69. The predicted octanol–water partition coefficient (Wildman–Crippen LogP) is 3.62. The number of hydrogen-bond acceptors (Lipinski definition) is 5. The van der Waals surface area contributed by atoms with E-state index in [0.717, 1.165) is 22.6 Å². The summed E-state index contributed by atoms with van der Waals surface area (Å²) in [5, 5.41) is 5.74. The Bertz CT molecular complexity index is 1030. The molecule has 2 aromatic carbocycles. The number of benzene rings is 2. The normalized spacial score (nSPS) is 12.7. The molecule has 7 heteroatoms. The van der Waals surface area contributed by atoms with Gasteiger partial charge in [0.05, 0.1) is 12.3 Å². The van der Waals surface area contributed by atoms with Crippen LogP contribution in [0.2, 0.25) is 0 Å². The second kappa shape index (κ2) is 13.3. The molecule has 0 fully saturated rings. The van der Waals surface area contributed by atoms with Crippen molar-refractivity contribution < 1.29 is 18.7 Å². The van der Waals surface area contributed by atoms with Crippen LogP contribution in [-0.2, 0) is 29.0 Å². The number of ether oxygens (including phenoxy) is 1. The van der Waals surface area contributed by atoms with E-state index in [2.05, 4.69) is 10.6 Å². The van der Waals surface area contributed by atoms with Gasteiger partial charge in [0.15, 0.2) is 0 Å². The quantitative estimate of drug-likeness (QED) is 0.349. The van der Waals surface area contributed by atoms with E-state index in [1.165, 1.54) is 0 Å². The number of furan rings is 1. The molecule has 1 heterocycles. The van der Waals surface area contributed by atoms with Gasteiger partial charge in [0, 0.05) is 19.4 Å². The van der Waals surface area contributed by atoms with E-state index >= 15 is 0 Å². The summed E-state index contributed by atoms with van der Waals surface area (Å²) in [6, 6.07) is 19.8. The lowest BCUT2D eigenvalue weighted by Gasteiger charge is -2.21. The van der Waals surface area contributed by atoms with Crippen LogP contribution in [-0.4, -0.2) is 30.4 Å². The Morgan fingerprint density at radius 1 is 0.943 bits per heavy atom. The molecule has 0 aliphatic carbocycles. The van der Waals surface area contributed by atoms with E-state index in [9.17, 15) is 9.59 Å². The van der Waals surface area contributed by atoms with Crippen LogP contribution in [0.5, 0.6) is 5.75 Å². The van der Waals surface area contributed by atoms with E-state index in [4.69, 9.17) is 14.9 Å². The lowest BCUT2D eigenvalue weighted by atomic mass is 10.0. The third-order valence-electron chi connectivity index (χ3n) is 5.56. The van der Waals surface area contributed by atoms with Gasteiger partial charge in [0.2, 0.25) is 11.8 Å². The molecule has 1 aromatic heterocycles. The fraction of sp³-hybridized carbons (Fsp3) is 0.357. The molecule has 0 radical (unpaired) electrons. The van der Waals surface area contributed by atoms with Crippen LogP contribution in [0.25, 0.3) is 0 Å². The van der Waals surface area contributed by atoms with Gasteiger partial charge in [-0.15, -0.1) is 0 Å². The highest BCUT2D eigenvalue weighted by molar-refractivity contribution is 5.89. The van der Waals surface area contributed by atoms with Crippen molar-refractivity contribution in [3.63, 3.8) is 0 Å². The number of hydrogen-bond donors (Lipinski definition) is 3. The SMILES string of the molecule is CC(C)CC(N)C(=O)NC(Cc1ccc(OCc2ccccc2)cc1)C(=O)NCCc1ccco1. The van der Waals surface area contributed by atoms with Crippen molar-refractivity contribution >= 4 is 11.8 Å². The molecule has 0 spiro atoms. The molecule has 3 rings (SSSR count). The lowest BCUT2D eigenvalue weighted by Crippen LogP contribution is -2.53. The number of carbonyl (C=O) groups is 2. The first-order chi connectivity index (χ1) is 16.9. The van der Waals surface area contributed by atoms with Gasteiger partial charge in [-0.25, -0.2) is 0 Å². The fourth-order valence-electron chi connectivity index (χ4n) is 3.69. The topological polar surface area (TPSA) is 107 Å². The molecule has 35 heavy (non-hydrogen) atoms. The largest absolute Gasteiger partial charge is 0.489 e. The van der Waals surface area contributed by atoms with Crippen LogP contribution in [0.3, 0.4) is 0 Å². The minimum Gasteiger partial charge on any atom is -0.489 e. The Morgan fingerprint density at radius 2 is 1.69 bits per heavy atom. The van der Waals surface area contributed by atoms with Crippen LogP contribution in [0.15, 0.2) is 77.4 Å². The van der Waals surface area contributed by atoms with Crippen LogP contribution in [0.1, 0.15) is 37.2 Å². The molecule has 2 atom stereocenters. The summed E-state index contributed by atoms with van der Waals surface area (Å²) in [5.41, 5.74) is 8.04. The smallest absolute Gasteiger partial charge is 0.242 e.